The van der Waals surface area contributed by atoms with Crippen molar-refractivity contribution in [2.75, 3.05) is 7.11 Å². The Balaban J connectivity index is 1.78. The van der Waals surface area contributed by atoms with E-state index in [-0.39, 0.29) is 5.78 Å². The molecule has 4 heteroatoms. The maximum absolute atomic E-state index is 12.6. The van der Waals surface area contributed by atoms with Crippen LogP contribution in [-0.4, -0.2) is 22.7 Å². The van der Waals surface area contributed by atoms with E-state index >= 15 is 0 Å². The summed E-state index contributed by atoms with van der Waals surface area (Å²) in [4.78, 5) is 12.6. The van der Waals surface area contributed by atoms with Gasteiger partial charge in [-0.3, -0.25) is 9.48 Å². The number of carbonyl (C=O) groups is 1. The monoisotopic (exact) mass is 320 g/mol. The molecule has 0 aliphatic heterocycles. The van der Waals surface area contributed by atoms with E-state index in [4.69, 9.17) is 4.74 Å². The van der Waals surface area contributed by atoms with Crippen molar-refractivity contribution in [1.29, 1.82) is 0 Å². The summed E-state index contributed by atoms with van der Waals surface area (Å²) >= 11 is 0. The quantitative estimate of drug-likeness (QED) is 0.647. The number of ketones is 1. The van der Waals surface area contributed by atoms with Crippen molar-refractivity contribution in [2.24, 2.45) is 7.05 Å². The molecule has 0 radical (unpaired) electrons. The molecule has 0 bridgehead atoms. The molecule has 0 unspecified atom stereocenters. The van der Waals surface area contributed by atoms with Crippen molar-refractivity contribution in [1.82, 2.24) is 9.78 Å². The highest BCUT2D eigenvalue weighted by molar-refractivity contribution is 5.99. The topological polar surface area (TPSA) is 44.1 Å². The van der Waals surface area contributed by atoms with Gasteiger partial charge in [-0.05, 0) is 29.7 Å². The fourth-order valence-corrected chi connectivity index (χ4v) is 2.71. The average Bonchev–Trinajstić information content (AvgIpc) is 3.06. The van der Waals surface area contributed by atoms with Crippen LogP contribution in [0.4, 0.5) is 0 Å². The van der Waals surface area contributed by atoms with Crippen LogP contribution in [0.5, 0.6) is 5.75 Å². The minimum Gasteiger partial charge on any atom is -0.496 e. The SMILES string of the molecule is COc1cc(-c2cnn(C)c2)ccc1C(=O)CCc1ccccc1. The van der Waals surface area contributed by atoms with Crippen LogP contribution in [0, 0.1) is 0 Å². The zero-order chi connectivity index (χ0) is 16.9. The lowest BCUT2D eigenvalue weighted by molar-refractivity contribution is 0.0980. The molecule has 1 heterocycles. The van der Waals surface area contributed by atoms with E-state index in [9.17, 15) is 4.79 Å². The number of Topliss-reactive ketones (excluding diaryl/α,β-unsaturated/α-hetero) is 1. The van der Waals surface area contributed by atoms with Crippen molar-refractivity contribution >= 4 is 5.78 Å². The fourth-order valence-electron chi connectivity index (χ4n) is 2.71. The highest BCUT2D eigenvalue weighted by atomic mass is 16.5. The largest absolute Gasteiger partial charge is 0.496 e. The van der Waals surface area contributed by atoms with Crippen LogP contribution >= 0.6 is 0 Å². The summed E-state index contributed by atoms with van der Waals surface area (Å²) in [5, 5.41) is 4.18. The van der Waals surface area contributed by atoms with Crippen LogP contribution in [0.15, 0.2) is 60.9 Å². The van der Waals surface area contributed by atoms with Gasteiger partial charge in [-0.1, -0.05) is 36.4 Å². The van der Waals surface area contributed by atoms with Crippen molar-refractivity contribution in [3.8, 4) is 16.9 Å². The standard InChI is InChI=1S/C20H20N2O2/c1-22-14-17(13-21-22)16-9-10-18(20(12-16)24-2)19(23)11-8-15-6-4-3-5-7-15/h3-7,9-10,12-14H,8,11H2,1-2H3. The number of ether oxygens (including phenoxy) is 1. The van der Waals surface area contributed by atoms with Gasteiger partial charge in [-0.2, -0.15) is 5.10 Å². The molecule has 122 valence electrons. The number of aryl methyl sites for hydroxylation is 2. The molecule has 2 aromatic carbocycles. The van der Waals surface area contributed by atoms with Gasteiger partial charge in [-0.15, -0.1) is 0 Å². The van der Waals surface area contributed by atoms with E-state index in [0.717, 1.165) is 23.1 Å². The van der Waals surface area contributed by atoms with Crippen LogP contribution in [-0.2, 0) is 13.5 Å². The number of rotatable bonds is 6. The third-order valence-corrected chi connectivity index (χ3v) is 4.02. The highest BCUT2D eigenvalue weighted by Crippen LogP contribution is 2.28. The molecule has 3 aromatic rings. The molecular weight excluding hydrogens is 300 g/mol. The lowest BCUT2D eigenvalue weighted by Crippen LogP contribution is -2.04. The van der Waals surface area contributed by atoms with Gasteiger partial charge in [0.1, 0.15) is 5.75 Å². The summed E-state index contributed by atoms with van der Waals surface area (Å²) in [5.41, 5.74) is 3.77. The van der Waals surface area contributed by atoms with Crippen LogP contribution in [0.25, 0.3) is 11.1 Å². The maximum atomic E-state index is 12.6. The van der Waals surface area contributed by atoms with Gasteiger partial charge in [0.05, 0.1) is 18.9 Å². The van der Waals surface area contributed by atoms with Crippen molar-refractivity contribution < 1.29 is 9.53 Å². The number of aromatic nitrogens is 2. The van der Waals surface area contributed by atoms with Crippen molar-refractivity contribution in [2.45, 2.75) is 12.8 Å². The summed E-state index contributed by atoms with van der Waals surface area (Å²) in [6, 6.07) is 15.7. The average molecular weight is 320 g/mol. The summed E-state index contributed by atoms with van der Waals surface area (Å²) in [5.74, 6) is 0.697. The second-order valence-corrected chi connectivity index (χ2v) is 5.73. The lowest BCUT2D eigenvalue weighted by atomic mass is 9.99. The van der Waals surface area contributed by atoms with E-state index < -0.39 is 0 Å². The first-order valence-electron chi connectivity index (χ1n) is 7.91. The lowest BCUT2D eigenvalue weighted by Gasteiger charge is -2.09. The second-order valence-electron chi connectivity index (χ2n) is 5.73. The Bertz CT molecular complexity index is 838. The number of benzene rings is 2. The van der Waals surface area contributed by atoms with E-state index in [1.165, 1.54) is 0 Å². The van der Waals surface area contributed by atoms with Crippen LogP contribution in [0.3, 0.4) is 0 Å². The molecule has 0 atom stereocenters. The maximum Gasteiger partial charge on any atom is 0.166 e. The molecule has 24 heavy (non-hydrogen) atoms. The Morgan fingerprint density at radius 2 is 1.92 bits per heavy atom. The predicted molar refractivity (Wildman–Crippen MR) is 94.3 cm³/mol. The predicted octanol–water partition coefficient (Wildman–Crippen LogP) is 3.91. The first kappa shape index (κ1) is 16.0. The van der Waals surface area contributed by atoms with Gasteiger partial charge in [0.2, 0.25) is 0 Å². The second kappa shape index (κ2) is 7.13. The van der Waals surface area contributed by atoms with Gasteiger partial charge < -0.3 is 4.74 Å². The van der Waals surface area contributed by atoms with E-state index in [0.29, 0.717) is 17.7 Å². The summed E-state index contributed by atoms with van der Waals surface area (Å²) in [6.07, 6.45) is 4.93. The summed E-state index contributed by atoms with van der Waals surface area (Å²) in [6.45, 7) is 0. The zero-order valence-electron chi connectivity index (χ0n) is 13.9. The molecule has 0 N–H and O–H groups in total. The summed E-state index contributed by atoms with van der Waals surface area (Å²) in [7, 11) is 3.47. The number of methoxy groups -OCH3 is 1. The first-order chi connectivity index (χ1) is 11.7. The molecule has 4 nitrogen and oxygen atoms in total. The Morgan fingerprint density at radius 1 is 1.12 bits per heavy atom. The first-order valence-corrected chi connectivity index (χ1v) is 7.91. The van der Waals surface area contributed by atoms with Gasteiger partial charge in [0, 0.05) is 25.2 Å². The number of hydrogen-bond donors (Lipinski definition) is 0. The molecule has 0 amide bonds. The van der Waals surface area contributed by atoms with Crippen molar-refractivity contribution in [3.05, 3.63) is 72.1 Å². The van der Waals surface area contributed by atoms with Crippen LogP contribution in [0.1, 0.15) is 22.3 Å². The Labute approximate surface area is 141 Å². The molecule has 0 saturated heterocycles. The number of hydrogen-bond acceptors (Lipinski definition) is 3. The van der Waals surface area contributed by atoms with Crippen molar-refractivity contribution in [3.63, 3.8) is 0 Å². The smallest absolute Gasteiger partial charge is 0.166 e. The van der Waals surface area contributed by atoms with E-state index in [2.05, 4.69) is 5.10 Å². The van der Waals surface area contributed by atoms with E-state index in [1.54, 1.807) is 18.0 Å². The number of carbonyl (C=O) groups excluding carboxylic acids is 1. The van der Waals surface area contributed by atoms with E-state index in [1.807, 2.05) is 61.8 Å². The third kappa shape index (κ3) is 3.54. The highest BCUT2D eigenvalue weighted by Gasteiger charge is 2.14. The van der Waals surface area contributed by atoms with Gasteiger partial charge in [0.25, 0.3) is 0 Å². The molecule has 3 rings (SSSR count). The van der Waals surface area contributed by atoms with Gasteiger partial charge >= 0.3 is 0 Å². The van der Waals surface area contributed by atoms with Gasteiger partial charge in [0.15, 0.2) is 5.78 Å². The molecule has 0 aliphatic rings. The Morgan fingerprint density at radius 3 is 2.58 bits per heavy atom. The minimum atomic E-state index is 0.0911. The minimum absolute atomic E-state index is 0.0911. The molecule has 1 aromatic heterocycles. The van der Waals surface area contributed by atoms with Crippen LogP contribution < -0.4 is 4.74 Å². The van der Waals surface area contributed by atoms with Crippen LogP contribution in [0.2, 0.25) is 0 Å². The normalized spacial score (nSPS) is 10.6. The van der Waals surface area contributed by atoms with Gasteiger partial charge in [-0.25, -0.2) is 0 Å². The molecule has 0 fully saturated rings. The molecule has 0 saturated carbocycles. The zero-order valence-corrected chi connectivity index (χ0v) is 13.9. The number of nitrogens with zero attached hydrogens (tertiary/aromatic N) is 2. The molecule has 0 spiro atoms. The fraction of sp³-hybridized carbons (Fsp3) is 0.200. The summed E-state index contributed by atoms with van der Waals surface area (Å²) < 4.78 is 7.19. The molecule has 0 aliphatic carbocycles. The Hall–Kier alpha value is -2.88. The Kier molecular flexibility index (Phi) is 4.75. The molecular formula is C20H20N2O2. The third-order valence-electron chi connectivity index (χ3n) is 4.02.